The van der Waals surface area contributed by atoms with E-state index in [2.05, 4.69) is 0 Å². The number of amides is 2. The van der Waals surface area contributed by atoms with Gasteiger partial charge in [-0.25, -0.2) is 8.42 Å². The number of nitrogens with zero attached hydrogens (tertiary/aromatic N) is 3. The van der Waals surface area contributed by atoms with Crippen LogP contribution in [0.4, 0.5) is 0 Å². The predicted molar refractivity (Wildman–Crippen MR) is 90.6 cm³/mol. The van der Waals surface area contributed by atoms with Gasteiger partial charge < -0.3 is 10.6 Å². The van der Waals surface area contributed by atoms with E-state index in [4.69, 9.17) is 5.73 Å². The highest BCUT2D eigenvalue weighted by Gasteiger charge is 2.34. The summed E-state index contributed by atoms with van der Waals surface area (Å²) < 4.78 is 25.3. The van der Waals surface area contributed by atoms with Crippen LogP contribution in [0.3, 0.4) is 0 Å². The normalized spacial score (nSPS) is 25.4. The fraction of sp³-hybridized carbons (Fsp3) is 0.867. The van der Waals surface area contributed by atoms with Crippen LogP contribution >= 0.6 is 0 Å². The van der Waals surface area contributed by atoms with Crippen molar-refractivity contribution in [2.75, 3.05) is 45.0 Å². The number of nitrogens with two attached hydrogens (primary N) is 1. The van der Waals surface area contributed by atoms with Crippen molar-refractivity contribution in [1.29, 1.82) is 0 Å². The van der Waals surface area contributed by atoms with Crippen LogP contribution in [0.2, 0.25) is 0 Å². The lowest BCUT2D eigenvalue weighted by atomic mass is 9.97. The predicted octanol–water partition coefficient (Wildman–Crippen LogP) is -0.934. The van der Waals surface area contributed by atoms with Crippen LogP contribution in [-0.2, 0) is 19.6 Å². The van der Waals surface area contributed by atoms with Gasteiger partial charge in [0.2, 0.25) is 21.8 Å². The minimum absolute atomic E-state index is 0.00671. The zero-order valence-electron chi connectivity index (χ0n) is 14.5. The molecule has 2 amide bonds. The number of piperazine rings is 1. The highest BCUT2D eigenvalue weighted by Crippen LogP contribution is 2.19. The van der Waals surface area contributed by atoms with Gasteiger partial charge in [-0.1, -0.05) is 0 Å². The number of hydrogen-bond donors (Lipinski definition) is 1. The summed E-state index contributed by atoms with van der Waals surface area (Å²) >= 11 is 0. The molecule has 2 fully saturated rings. The second-order valence-electron chi connectivity index (χ2n) is 6.54. The van der Waals surface area contributed by atoms with Crippen molar-refractivity contribution in [3.63, 3.8) is 0 Å². The molecule has 2 heterocycles. The van der Waals surface area contributed by atoms with E-state index < -0.39 is 10.0 Å². The molecule has 0 spiro atoms. The second kappa shape index (κ2) is 7.79. The molecule has 0 aromatic carbocycles. The van der Waals surface area contributed by atoms with E-state index in [9.17, 15) is 18.0 Å². The van der Waals surface area contributed by atoms with Crippen LogP contribution in [-0.4, -0.2) is 85.4 Å². The maximum atomic E-state index is 12.7. The molecule has 2 saturated heterocycles. The van der Waals surface area contributed by atoms with Crippen molar-refractivity contribution in [2.45, 2.75) is 32.7 Å². The molecular formula is C15H28N4O4S. The van der Waals surface area contributed by atoms with Crippen LogP contribution in [0.1, 0.15) is 26.7 Å². The van der Waals surface area contributed by atoms with Crippen molar-refractivity contribution < 1.29 is 18.0 Å². The summed E-state index contributed by atoms with van der Waals surface area (Å²) in [5.74, 6) is -0.517. The average molecular weight is 360 g/mol. The Kier molecular flexibility index (Phi) is 6.22. The van der Waals surface area contributed by atoms with Gasteiger partial charge in [-0.2, -0.15) is 4.31 Å². The molecule has 2 atom stereocenters. The van der Waals surface area contributed by atoms with Gasteiger partial charge in [0.15, 0.2) is 0 Å². The maximum Gasteiger partial charge on any atom is 0.239 e. The SMILES string of the molecule is CCS(=O)(=O)N1CCN(C(C)C(=O)N2CCCC(C(N)=O)C2)CC1. The molecule has 0 aromatic heterocycles. The summed E-state index contributed by atoms with van der Waals surface area (Å²) in [4.78, 5) is 27.8. The Hall–Kier alpha value is -1.19. The molecule has 2 unspecified atom stereocenters. The standard InChI is InChI=1S/C15H28N4O4S/c1-3-24(22,23)19-9-7-17(8-10-19)12(2)15(21)18-6-4-5-13(11-18)14(16)20/h12-13H,3-11H2,1-2H3,(H2,16,20). The first-order valence-electron chi connectivity index (χ1n) is 8.56. The van der Waals surface area contributed by atoms with E-state index in [1.165, 1.54) is 4.31 Å². The number of primary amides is 1. The maximum absolute atomic E-state index is 12.7. The second-order valence-corrected chi connectivity index (χ2v) is 8.79. The van der Waals surface area contributed by atoms with Crippen LogP contribution in [0.15, 0.2) is 0 Å². The first kappa shape index (κ1) is 19.1. The first-order chi connectivity index (χ1) is 11.3. The Bertz CT molecular complexity index is 572. The number of carbonyl (C=O) groups is 2. The topological polar surface area (TPSA) is 104 Å². The van der Waals surface area contributed by atoms with Crippen molar-refractivity contribution >= 4 is 21.8 Å². The minimum Gasteiger partial charge on any atom is -0.369 e. The molecule has 0 aromatic rings. The van der Waals surface area contributed by atoms with Crippen LogP contribution in [0, 0.1) is 5.92 Å². The number of piperidine rings is 1. The highest BCUT2D eigenvalue weighted by molar-refractivity contribution is 7.89. The van der Waals surface area contributed by atoms with Gasteiger partial charge in [-0.05, 0) is 26.7 Å². The Morgan fingerprint density at radius 3 is 2.33 bits per heavy atom. The van der Waals surface area contributed by atoms with Crippen LogP contribution in [0.25, 0.3) is 0 Å². The molecule has 2 aliphatic rings. The van der Waals surface area contributed by atoms with Gasteiger partial charge in [-0.3, -0.25) is 14.5 Å². The number of carbonyl (C=O) groups excluding carboxylic acids is 2. The van der Waals surface area contributed by atoms with Gasteiger partial charge >= 0.3 is 0 Å². The Morgan fingerprint density at radius 2 is 1.79 bits per heavy atom. The Morgan fingerprint density at radius 1 is 1.17 bits per heavy atom. The molecule has 8 nitrogen and oxygen atoms in total. The molecule has 138 valence electrons. The van der Waals surface area contributed by atoms with Crippen molar-refractivity contribution in [3.05, 3.63) is 0 Å². The largest absolute Gasteiger partial charge is 0.369 e. The van der Waals surface area contributed by atoms with E-state index in [-0.39, 0.29) is 29.5 Å². The monoisotopic (exact) mass is 360 g/mol. The Balaban J connectivity index is 1.91. The van der Waals surface area contributed by atoms with Gasteiger partial charge in [0.1, 0.15) is 0 Å². The third-order valence-electron chi connectivity index (χ3n) is 5.07. The van der Waals surface area contributed by atoms with E-state index in [1.54, 1.807) is 11.8 Å². The molecule has 0 saturated carbocycles. The molecule has 0 bridgehead atoms. The summed E-state index contributed by atoms with van der Waals surface area (Å²) in [6, 6.07) is -0.317. The zero-order chi connectivity index (χ0) is 17.9. The molecular weight excluding hydrogens is 332 g/mol. The minimum atomic E-state index is -3.17. The third kappa shape index (κ3) is 4.25. The number of likely N-dealkylation sites (tertiary alicyclic amines) is 1. The molecule has 2 aliphatic heterocycles. The molecule has 0 radical (unpaired) electrons. The smallest absolute Gasteiger partial charge is 0.239 e. The lowest BCUT2D eigenvalue weighted by Gasteiger charge is -2.39. The molecule has 9 heteroatoms. The summed E-state index contributed by atoms with van der Waals surface area (Å²) in [7, 11) is -3.17. The highest BCUT2D eigenvalue weighted by atomic mass is 32.2. The molecule has 2 rings (SSSR count). The van der Waals surface area contributed by atoms with Gasteiger partial charge in [0.05, 0.1) is 17.7 Å². The lowest BCUT2D eigenvalue weighted by molar-refractivity contribution is -0.140. The zero-order valence-corrected chi connectivity index (χ0v) is 15.3. The van der Waals surface area contributed by atoms with Crippen molar-refractivity contribution in [2.24, 2.45) is 11.7 Å². The van der Waals surface area contributed by atoms with Gasteiger partial charge in [0.25, 0.3) is 0 Å². The lowest BCUT2D eigenvalue weighted by Crippen LogP contribution is -2.57. The van der Waals surface area contributed by atoms with Gasteiger partial charge in [-0.15, -0.1) is 0 Å². The number of hydrogen-bond acceptors (Lipinski definition) is 5. The van der Waals surface area contributed by atoms with Crippen molar-refractivity contribution in [1.82, 2.24) is 14.1 Å². The van der Waals surface area contributed by atoms with Crippen LogP contribution < -0.4 is 5.73 Å². The Labute approximate surface area is 144 Å². The van der Waals surface area contributed by atoms with E-state index in [0.717, 1.165) is 12.8 Å². The molecule has 0 aliphatic carbocycles. The van der Waals surface area contributed by atoms with E-state index in [0.29, 0.717) is 39.3 Å². The van der Waals surface area contributed by atoms with E-state index >= 15 is 0 Å². The summed E-state index contributed by atoms with van der Waals surface area (Å²) in [5.41, 5.74) is 5.37. The fourth-order valence-corrected chi connectivity index (χ4v) is 4.47. The quantitative estimate of drug-likeness (QED) is 0.682. The van der Waals surface area contributed by atoms with E-state index in [1.807, 2.05) is 11.8 Å². The third-order valence-corrected chi connectivity index (χ3v) is 6.95. The molecule has 2 N–H and O–H groups in total. The fourth-order valence-electron chi connectivity index (χ4n) is 3.38. The number of sulfonamides is 1. The van der Waals surface area contributed by atoms with Crippen LogP contribution in [0.5, 0.6) is 0 Å². The molecule has 24 heavy (non-hydrogen) atoms. The van der Waals surface area contributed by atoms with Crippen molar-refractivity contribution in [3.8, 4) is 0 Å². The average Bonchev–Trinajstić information content (AvgIpc) is 2.60. The summed E-state index contributed by atoms with van der Waals surface area (Å²) in [6.45, 7) is 6.44. The summed E-state index contributed by atoms with van der Waals surface area (Å²) in [5, 5.41) is 0. The summed E-state index contributed by atoms with van der Waals surface area (Å²) in [6.07, 6.45) is 1.52. The number of rotatable bonds is 5. The van der Waals surface area contributed by atoms with Gasteiger partial charge in [0, 0.05) is 39.3 Å². The first-order valence-corrected chi connectivity index (χ1v) is 10.2.